The third kappa shape index (κ3) is 16.3. The van der Waals surface area contributed by atoms with Crippen LogP contribution in [0, 0.1) is 17.8 Å². The number of rotatable bonds is 23. The summed E-state index contributed by atoms with van der Waals surface area (Å²) >= 11 is 0. The SMILES string of the molecule is CC(OC(=O)C(NC(=O)C(OC(=O)C(CCCCNNC(=O)OCC1c2ccccc2-c2ccccc21)NC(=O)C(C)OC(=O)C(NC(=O)OC(C)(C)C)C(C)C)C(C)C)C(C)C)C(=O)O. The monoisotopic (exact) mass is 925 g/mol. The molecule has 0 saturated heterocycles. The second kappa shape index (κ2) is 24.9. The molecule has 0 heterocycles. The van der Waals surface area contributed by atoms with Crippen LogP contribution in [-0.2, 0) is 52.5 Å². The average Bonchev–Trinajstić information content (AvgIpc) is 3.55. The van der Waals surface area contributed by atoms with E-state index in [1.807, 2.05) is 48.5 Å². The van der Waals surface area contributed by atoms with Gasteiger partial charge in [0.2, 0.25) is 0 Å². The molecule has 1 aliphatic carbocycles. The van der Waals surface area contributed by atoms with Crippen LogP contribution in [-0.4, -0.2) is 108 Å². The number of hydrogen-bond acceptors (Lipinski definition) is 14. The van der Waals surface area contributed by atoms with Gasteiger partial charge in [-0.25, -0.2) is 34.2 Å². The van der Waals surface area contributed by atoms with Crippen molar-refractivity contribution in [2.45, 2.75) is 143 Å². The van der Waals surface area contributed by atoms with Crippen molar-refractivity contribution in [3.63, 3.8) is 0 Å². The third-order valence-electron chi connectivity index (χ3n) is 10.4. The Labute approximate surface area is 386 Å². The molecule has 6 unspecified atom stereocenters. The van der Waals surface area contributed by atoms with Gasteiger partial charge in [-0.2, -0.15) is 0 Å². The van der Waals surface area contributed by atoms with Gasteiger partial charge in [0.15, 0.2) is 18.3 Å². The van der Waals surface area contributed by atoms with Crippen molar-refractivity contribution in [3.05, 3.63) is 59.7 Å². The first kappa shape index (κ1) is 54.1. The van der Waals surface area contributed by atoms with E-state index in [9.17, 15) is 43.5 Å². The highest BCUT2D eigenvalue weighted by Crippen LogP contribution is 2.44. The Morgan fingerprint density at radius 1 is 0.621 bits per heavy atom. The summed E-state index contributed by atoms with van der Waals surface area (Å²) in [7, 11) is 0. The number of carbonyl (C=O) groups excluding carboxylic acids is 7. The lowest BCUT2D eigenvalue weighted by molar-refractivity contribution is -0.167. The molecule has 0 aliphatic heterocycles. The van der Waals surface area contributed by atoms with E-state index in [1.165, 1.54) is 6.92 Å². The van der Waals surface area contributed by atoms with Crippen LogP contribution in [0.2, 0.25) is 0 Å². The number of alkyl carbamates (subject to hydrolysis) is 1. The number of hydrazine groups is 1. The highest BCUT2D eigenvalue weighted by molar-refractivity contribution is 5.92. The summed E-state index contributed by atoms with van der Waals surface area (Å²) in [5.74, 6) is -7.89. The summed E-state index contributed by atoms with van der Waals surface area (Å²) in [6, 6.07) is 12.0. The maximum absolute atomic E-state index is 13.9. The molecule has 2 aromatic rings. The number of benzene rings is 2. The summed E-state index contributed by atoms with van der Waals surface area (Å²) in [5, 5.41) is 16.7. The van der Waals surface area contributed by atoms with Gasteiger partial charge < -0.3 is 44.7 Å². The summed E-state index contributed by atoms with van der Waals surface area (Å²) < 4.78 is 26.9. The predicted molar refractivity (Wildman–Crippen MR) is 240 cm³/mol. The molecule has 19 heteroatoms. The minimum absolute atomic E-state index is 0.0346. The largest absolute Gasteiger partial charge is 0.479 e. The van der Waals surface area contributed by atoms with Crippen LogP contribution in [0.5, 0.6) is 0 Å². The quantitative estimate of drug-likeness (QED) is 0.0375. The van der Waals surface area contributed by atoms with Crippen LogP contribution in [0.1, 0.15) is 112 Å². The lowest BCUT2D eigenvalue weighted by atomic mass is 9.98. The lowest BCUT2D eigenvalue weighted by Crippen LogP contribution is -2.53. The molecule has 0 spiro atoms. The molecule has 0 fully saturated rings. The van der Waals surface area contributed by atoms with Gasteiger partial charge >= 0.3 is 36.1 Å². The number of carbonyl (C=O) groups is 8. The van der Waals surface area contributed by atoms with E-state index < -0.39 is 108 Å². The van der Waals surface area contributed by atoms with Crippen LogP contribution < -0.4 is 26.8 Å². The number of hydrogen-bond donors (Lipinski definition) is 6. The van der Waals surface area contributed by atoms with E-state index in [0.717, 1.165) is 29.2 Å². The molecule has 2 aromatic carbocycles. The fourth-order valence-electron chi connectivity index (χ4n) is 6.83. The zero-order valence-corrected chi connectivity index (χ0v) is 39.7. The topological polar surface area (TPSA) is 263 Å². The van der Waals surface area contributed by atoms with Crippen LogP contribution in [0.25, 0.3) is 11.1 Å². The number of ether oxygens (including phenoxy) is 5. The number of carboxylic acid groups (broad SMARTS) is 1. The van der Waals surface area contributed by atoms with Crippen molar-refractivity contribution in [2.24, 2.45) is 17.8 Å². The van der Waals surface area contributed by atoms with Gasteiger partial charge in [-0.15, -0.1) is 0 Å². The fraction of sp³-hybridized carbons (Fsp3) is 0.574. The van der Waals surface area contributed by atoms with Gasteiger partial charge in [0.25, 0.3) is 11.8 Å². The smallest absolute Gasteiger partial charge is 0.421 e. The molecular weight excluding hydrogens is 859 g/mol. The number of nitrogens with one attached hydrogen (secondary N) is 5. The molecule has 4 amide bonds. The van der Waals surface area contributed by atoms with Gasteiger partial charge in [-0.05, 0) is 93.9 Å². The van der Waals surface area contributed by atoms with Gasteiger partial charge in [-0.3, -0.25) is 15.0 Å². The standard InChI is InChI=1S/C47H67N5O14/c1-25(2)36(43(58)64-29(8)41(55)56)50-40(54)38(27(5)6)65-42(57)35(49-39(53)28(7)63-44(59)37(26(3)4)51-45(60)66-47(9,10)11)22-16-17-23-48-52-46(61)62-24-34-32-20-14-12-18-30(32)31-19-13-15-21-33(31)34/h12-15,18-21,25-29,34-38,48H,16-17,22-24H2,1-11H3,(H,49,53)(H,50,54)(H,51,60)(H,52,61)(H,55,56). The van der Waals surface area contributed by atoms with Crippen LogP contribution in [0.3, 0.4) is 0 Å². The van der Waals surface area contributed by atoms with E-state index in [1.54, 1.807) is 62.3 Å². The molecule has 1 aliphatic rings. The Kier molecular flexibility index (Phi) is 20.4. The normalized spacial score (nSPS) is 14.9. The van der Waals surface area contributed by atoms with Crippen molar-refractivity contribution >= 4 is 47.9 Å². The van der Waals surface area contributed by atoms with E-state index in [0.29, 0.717) is 6.42 Å². The Hall–Kier alpha value is -6.24. The van der Waals surface area contributed by atoms with Crippen LogP contribution >= 0.6 is 0 Å². The maximum Gasteiger partial charge on any atom is 0.421 e. The highest BCUT2D eigenvalue weighted by atomic mass is 16.6. The Morgan fingerprint density at radius 2 is 1.15 bits per heavy atom. The third-order valence-corrected chi connectivity index (χ3v) is 10.4. The Morgan fingerprint density at radius 3 is 1.67 bits per heavy atom. The molecular formula is C47H67N5O14. The summed E-state index contributed by atoms with van der Waals surface area (Å²) in [4.78, 5) is 103. The van der Waals surface area contributed by atoms with Crippen molar-refractivity contribution < 1.29 is 67.1 Å². The number of esters is 3. The van der Waals surface area contributed by atoms with E-state index >= 15 is 0 Å². The second-order valence-corrected chi connectivity index (χ2v) is 18.1. The summed E-state index contributed by atoms with van der Waals surface area (Å²) in [6.45, 7) is 17.4. The van der Waals surface area contributed by atoms with Gasteiger partial charge in [0, 0.05) is 12.5 Å². The van der Waals surface area contributed by atoms with Crippen molar-refractivity contribution in [2.75, 3.05) is 13.2 Å². The molecule has 0 bridgehead atoms. The van der Waals surface area contributed by atoms with E-state index in [-0.39, 0.29) is 31.9 Å². The molecule has 66 heavy (non-hydrogen) atoms. The van der Waals surface area contributed by atoms with Crippen LogP contribution in [0.4, 0.5) is 9.59 Å². The first-order chi connectivity index (χ1) is 30.9. The first-order valence-corrected chi connectivity index (χ1v) is 22.2. The fourth-order valence-corrected chi connectivity index (χ4v) is 6.83. The number of aliphatic carboxylic acids is 1. The molecule has 6 N–H and O–H groups in total. The minimum Gasteiger partial charge on any atom is -0.479 e. The number of carboxylic acids is 1. The lowest BCUT2D eigenvalue weighted by Gasteiger charge is -2.28. The molecule has 0 saturated carbocycles. The molecule has 364 valence electrons. The molecule has 3 rings (SSSR count). The molecule has 0 radical (unpaired) electrons. The molecule has 0 aromatic heterocycles. The zero-order chi connectivity index (χ0) is 49.5. The summed E-state index contributed by atoms with van der Waals surface area (Å²) in [5.41, 5.74) is 8.77. The average molecular weight is 926 g/mol. The van der Waals surface area contributed by atoms with Crippen molar-refractivity contribution in [1.29, 1.82) is 0 Å². The van der Waals surface area contributed by atoms with Crippen LogP contribution in [0.15, 0.2) is 48.5 Å². The summed E-state index contributed by atoms with van der Waals surface area (Å²) in [6.07, 6.45) is -5.40. The predicted octanol–water partition coefficient (Wildman–Crippen LogP) is 4.89. The van der Waals surface area contributed by atoms with E-state index in [2.05, 4.69) is 26.8 Å². The Balaban J connectivity index is 1.67. The zero-order valence-electron chi connectivity index (χ0n) is 39.7. The van der Waals surface area contributed by atoms with Gasteiger partial charge in [0.1, 0.15) is 30.3 Å². The van der Waals surface area contributed by atoms with Crippen molar-refractivity contribution in [1.82, 2.24) is 26.8 Å². The number of unbranched alkanes of at least 4 members (excludes halogenated alkanes) is 1. The minimum atomic E-state index is -1.49. The van der Waals surface area contributed by atoms with Crippen molar-refractivity contribution in [3.8, 4) is 11.1 Å². The molecule has 19 nitrogen and oxygen atoms in total. The highest BCUT2D eigenvalue weighted by Gasteiger charge is 2.37. The maximum atomic E-state index is 13.9. The molecule has 6 atom stereocenters. The van der Waals surface area contributed by atoms with E-state index in [4.69, 9.17) is 23.7 Å². The van der Waals surface area contributed by atoms with Gasteiger partial charge in [-0.1, -0.05) is 90.1 Å². The first-order valence-electron chi connectivity index (χ1n) is 22.2. The second-order valence-electron chi connectivity index (χ2n) is 18.1. The number of amides is 4. The number of fused-ring (bicyclic) bond motifs is 3. The van der Waals surface area contributed by atoms with Gasteiger partial charge in [0.05, 0.1) is 0 Å². The Bertz CT molecular complexity index is 1990.